The summed E-state index contributed by atoms with van der Waals surface area (Å²) in [6, 6.07) is 10.6. The Morgan fingerprint density at radius 3 is 2.50 bits per heavy atom. The van der Waals surface area contributed by atoms with Crippen molar-refractivity contribution >= 4 is 23.2 Å². The Hall–Kier alpha value is -2.99. The second kappa shape index (κ2) is 7.93. The Bertz CT molecular complexity index is 893. The van der Waals surface area contributed by atoms with Gasteiger partial charge in [-0.2, -0.15) is 0 Å². The number of anilines is 1. The van der Waals surface area contributed by atoms with Crippen LogP contribution in [0.25, 0.3) is 0 Å². The first-order chi connectivity index (χ1) is 12.6. The van der Waals surface area contributed by atoms with E-state index in [1.54, 1.807) is 36.8 Å². The Balaban J connectivity index is 1.75. The van der Waals surface area contributed by atoms with Crippen LogP contribution in [0.5, 0.6) is 11.5 Å². The van der Waals surface area contributed by atoms with E-state index in [9.17, 15) is 4.79 Å². The van der Waals surface area contributed by atoms with Gasteiger partial charge in [-0.15, -0.1) is 0 Å². The van der Waals surface area contributed by atoms with Gasteiger partial charge in [-0.3, -0.25) is 4.79 Å². The van der Waals surface area contributed by atoms with Crippen molar-refractivity contribution in [3.8, 4) is 11.5 Å². The molecular weight excluding hydrogens is 354 g/mol. The van der Waals surface area contributed by atoms with Crippen LogP contribution in [0.2, 0.25) is 5.02 Å². The van der Waals surface area contributed by atoms with Crippen LogP contribution < -0.4 is 14.8 Å². The van der Waals surface area contributed by atoms with Crippen LogP contribution in [-0.2, 0) is 6.54 Å². The van der Waals surface area contributed by atoms with E-state index in [0.29, 0.717) is 34.3 Å². The van der Waals surface area contributed by atoms with Gasteiger partial charge in [0, 0.05) is 36.6 Å². The molecule has 2 aromatic carbocycles. The smallest absolute Gasteiger partial charge is 0.255 e. The number of rotatable bonds is 6. The normalized spacial score (nSPS) is 10.4. The van der Waals surface area contributed by atoms with Crippen LogP contribution in [0, 0.1) is 0 Å². The summed E-state index contributed by atoms with van der Waals surface area (Å²) in [7, 11) is 3.02. The van der Waals surface area contributed by atoms with E-state index in [1.165, 1.54) is 14.2 Å². The molecule has 1 heterocycles. The largest absolute Gasteiger partial charge is 0.495 e. The Kier molecular flexibility index (Phi) is 5.43. The monoisotopic (exact) mass is 371 g/mol. The lowest BCUT2D eigenvalue weighted by Crippen LogP contribution is -2.13. The summed E-state index contributed by atoms with van der Waals surface area (Å²) in [6.07, 6.45) is 5.37. The highest BCUT2D eigenvalue weighted by molar-refractivity contribution is 6.32. The minimum Gasteiger partial charge on any atom is -0.495 e. The van der Waals surface area contributed by atoms with Crippen LogP contribution >= 0.6 is 11.6 Å². The SMILES string of the molecule is COc1cc(NC(=O)c2ccc(Cn3ccnc3)cc2)c(OC)cc1Cl. The molecule has 1 N–H and O–H groups in total. The Morgan fingerprint density at radius 1 is 1.15 bits per heavy atom. The molecule has 0 aliphatic carbocycles. The molecule has 1 aromatic heterocycles. The molecule has 3 aromatic rings. The summed E-state index contributed by atoms with van der Waals surface area (Å²) in [5.41, 5.74) is 2.10. The number of hydrogen-bond acceptors (Lipinski definition) is 4. The minimum atomic E-state index is -0.248. The second-order valence-corrected chi connectivity index (χ2v) is 5.98. The average Bonchev–Trinajstić information content (AvgIpc) is 3.16. The molecule has 6 nitrogen and oxygen atoms in total. The van der Waals surface area contributed by atoms with E-state index in [4.69, 9.17) is 21.1 Å². The zero-order chi connectivity index (χ0) is 18.5. The van der Waals surface area contributed by atoms with Gasteiger partial charge in [0.1, 0.15) is 11.5 Å². The summed E-state index contributed by atoms with van der Waals surface area (Å²) in [6.45, 7) is 0.699. The summed E-state index contributed by atoms with van der Waals surface area (Å²) < 4.78 is 12.4. The first-order valence-corrected chi connectivity index (χ1v) is 8.26. The van der Waals surface area contributed by atoms with Gasteiger partial charge >= 0.3 is 0 Å². The molecule has 0 aliphatic rings. The lowest BCUT2D eigenvalue weighted by molar-refractivity contribution is 0.102. The number of halogens is 1. The summed E-state index contributed by atoms with van der Waals surface area (Å²) in [5, 5.41) is 3.24. The molecular formula is C19H18ClN3O3. The topological polar surface area (TPSA) is 65.4 Å². The number of benzene rings is 2. The number of imidazole rings is 1. The van der Waals surface area contributed by atoms with Gasteiger partial charge < -0.3 is 19.4 Å². The Labute approximate surface area is 156 Å². The molecule has 26 heavy (non-hydrogen) atoms. The predicted octanol–water partition coefficient (Wildman–Crippen LogP) is 3.85. The standard InChI is InChI=1S/C19H18ClN3O3/c1-25-17-10-16(18(26-2)9-15(17)20)22-19(24)14-5-3-13(4-6-14)11-23-8-7-21-12-23/h3-10,12H,11H2,1-2H3,(H,22,24). The number of carbonyl (C=O) groups is 1. The highest BCUT2D eigenvalue weighted by Crippen LogP contribution is 2.36. The van der Waals surface area contributed by atoms with Crippen LogP contribution in [0.3, 0.4) is 0 Å². The Morgan fingerprint density at radius 2 is 1.88 bits per heavy atom. The second-order valence-electron chi connectivity index (χ2n) is 5.57. The van der Waals surface area contributed by atoms with Crippen molar-refractivity contribution in [1.29, 1.82) is 0 Å². The number of nitrogens with zero attached hydrogens (tertiary/aromatic N) is 2. The summed E-state index contributed by atoms with van der Waals surface area (Å²) in [5.74, 6) is 0.668. The highest BCUT2D eigenvalue weighted by Gasteiger charge is 2.13. The van der Waals surface area contributed by atoms with E-state index in [1.807, 2.05) is 22.9 Å². The molecule has 0 saturated carbocycles. The third kappa shape index (κ3) is 3.97. The lowest BCUT2D eigenvalue weighted by atomic mass is 10.1. The quantitative estimate of drug-likeness (QED) is 0.714. The van der Waals surface area contributed by atoms with E-state index in [-0.39, 0.29) is 5.91 Å². The fourth-order valence-corrected chi connectivity index (χ4v) is 2.74. The van der Waals surface area contributed by atoms with E-state index >= 15 is 0 Å². The zero-order valence-corrected chi connectivity index (χ0v) is 15.2. The number of ether oxygens (including phenoxy) is 2. The molecule has 0 fully saturated rings. The van der Waals surface area contributed by atoms with Crippen molar-refractivity contribution in [2.45, 2.75) is 6.54 Å². The summed E-state index contributed by atoms with van der Waals surface area (Å²) in [4.78, 5) is 16.6. The zero-order valence-electron chi connectivity index (χ0n) is 14.4. The molecule has 1 amide bonds. The van der Waals surface area contributed by atoms with Gasteiger partial charge in [0.15, 0.2) is 0 Å². The van der Waals surface area contributed by atoms with Gasteiger partial charge in [0.2, 0.25) is 0 Å². The van der Waals surface area contributed by atoms with Crippen molar-refractivity contribution in [2.24, 2.45) is 0 Å². The maximum Gasteiger partial charge on any atom is 0.255 e. The minimum absolute atomic E-state index is 0.248. The fraction of sp³-hybridized carbons (Fsp3) is 0.158. The number of hydrogen-bond donors (Lipinski definition) is 1. The molecule has 0 atom stereocenters. The third-order valence-corrected chi connectivity index (χ3v) is 4.16. The number of methoxy groups -OCH3 is 2. The fourth-order valence-electron chi connectivity index (χ4n) is 2.51. The van der Waals surface area contributed by atoms with Gasteiger partial charge in [-0.05, 0) is 17.7 Å². The van der Waals surface area contributed by atoms with Gasteiger partial charge in [0.05, 0.1) is 31.3 Å². The third-order valence-electron chi connectivity index (χ3n) is 3.86. The van der Waals surface area contributed by atoms with Crippen molar-refractivity contribution < 1.29 is 14.3 Å². The van der Waals surface area contributed by atoms with Crippen LogP contribution in [0.1, 0.15) is 15.9 Å². The average molecular weight is 372 g/mol. The van der Waals surface area contributed by atoms with Crippen molar-refractivity contribution in [1.82, 2.24) is 9.55 Å². The molecule has 0 unspecified atom stereocenters. The van der Waals surface area contributed by atoms with Crippen LogP contribution in [0.4, 0.5) is 5.69 Å². The molecule has 0 spiro atoms. The lowest BCUT2D eigenvalue weighted by Gasteiger charge is -2.13. The molecule has 0 radical (unpaired) electrons. The van der Waals surface area contributed by atoms with E-state index in [0.717, 1.165) is 5.56 Å². The molecule has 134 valence electrons. The van der Waals surface area contributed by atoms with Crippen LogP contribution in [-0.4, -0.2) is 29.7 Å². The van der Waals surface area contributed by atoms with Crippen molar-refractivity contribution in [3.05, 3.63) is 71.3 Å². The van der Waals surface area contributed by atoms with Gasteiger partial charge in [-0.1, -0.05) is 23.7 Å². The van der Waals surface area contributed by atoms with E-state index in [2.05, 4.69) is 10.3 Å². The number of amides is 1. The molecule has 7 heteroatoms. The van der Waals surface area contributed by atoms with E-state index < -0.39 is 0 Å². The highest BCUT2D eigenvalue weighted by atomic mass is 35.5. The van der Waals surface area contributed by atoms with Gasteiger partial charge in [0.25, 0.3) is 5.91 Å². The molecule has 0 saturated heterocycles. The number of nitrogens with one attached hydrogen (secondary N) is 1. The summed E-state index contributed by atoms with van der Waals surface area (Å²) >= 11 is 6.09. The maximum atomic E-state index is 12.5. The predicted molar refractivity (Wildman–Crippen MR) is 100 cm³/mol. The first-order valence-electron chi connectivity index (χ1n) is 7.88. The van der Waals surface area contributed by atoms with Gasteiger partial charge in [-0.25, -0.2) is 4.98 Å². The van der Waals surface area contributed by atoms with Crippen molar-refractivity contribution in [3.63, 3.8) is 0 Å². The number of carbonyl (C=O) groups excluding carboxylic acids is 1. The maximum absolute atomic E-state index is 12.5. The molecule has 0 bridgehead atoms. The van der Waals surface area contributed by atoms with Crippen LogP contribution in [0.15, 0.2) is 55.1 Å². The first kappa shape index (κ1) is 17.8. The molecule has 3 rings (SSSR count). The van der Waals surface area contributed by atoms with Crippen molar-refractivity contribution in [2.75, 3.05) is 19.5 Å². The number of aromatic nitrogens is 2. The molecule has 0 aliphatic heterocycles.